The largest absolute Gasteiger partial charge is 0.394 e. The van der Waals surface area contributed by atoms with Gasteiger partial charge < -0.3 is 50.5 Å². The van der Waals surface area contributed by atoms with E-state index < -0.39 is 74.2 Å². The maximum Gasteiger partial charge on any atom is 0.249 e. The summed E-state index contributed by atoms with van der Waals surface area (Å²) in [6, 6.07) is -1.18. The van der Waals surface area contributed by atoms with Crippen LogP contribution in [0.25, 0.3) is 0 Å². The minimum atomic E-state index is -1.67. The topological polar surface area (TPSA) is 189 Å². The van der Waals surface area contributed by atoms with Gasteiger partial charge in [-0.25, -0.2) is 0 Å². The number of unbranched alkanes of at least 4 members (excludes halogenated alkanes) is 44. The molecule has 1 aliphatic rings. The van der Waals surface area contributed by atoms with E-state index in [9.17, 15) is 40.5 Å². The lowest BCUT2D eigenvalue weighted by molar-refractivity contribution is -0.303. The van der Waals surface area contributed by atoms with Crippen molar-refractivity contribution in [3.8, 4) is 0 Å². The number of hydrogen-bond donors (Lipinski definition) is 8. The number of carbonyl (C=O) groups excluding carboxylic acids is 1. The summed E-state index contributed by atoms with van der Waals surface area (Å²) in [6.07, 6.45) is 54.3. The molecule has 1 aliphatic heterocycles. The molecule has 1 saturated heterocycles. The summed E-state index contributed by atoms with van der Waals surface area (Å²) < 4.78 is 11.2. The maximum absolute atomic E-state index is 13.2. The van der Waals surface area contributed by atoms with Gasteiger partial charge in [0.1, 0.15) is 36.6 Å². The van der Waals surface area contributed by atoms with E-state index in [0.717, 1.165) is 38.5 Å². The lowest BCUT2D eigenvalue weighted by Crippen LogP contribution is -2.60. The fraction of sp³-hybridized carbons (Fsp3) is 0.954. The fourth-order valence-corrected chi connectivity index (χ4v) is 11.0. The Balaban J connectivity index is 2.24. The van der Waals surface area contributed by atoms with Crippen molar-refractivity contribution in [2.45, 2.75) is 384 Å². The van der Waals surface area contributed by atoms with Gasteiger partial charge in [-0.1, -0.05) is 302 Å². The minimum Gasteiger partial charge on any atom is -0.394 e. The Morgan fingerprint density at radius 2 is 0.776 bits per heavy atom. The van der Waals surface area contributed by atoms with Crippen LogP contribution in [0.3, 0.4) is 0 Å². The summed E-state index contributed by atoms with van der Waals surface area (Å²) in [5, 5.41) is 76.4. The summed E-state index contributed by atoms with van der Waals surface area (Å²) in [6.45, 7) is 3.50. The van der Waals surface area contributed by atoms with Gasteiger partial charge in [0.2, 0.25) is 5.91 Å². The molecular formula is C65H127NO10. The zero-order valence-electron chi connectivity index (χ0n) is 49.8. The van der Waals surface area contributed by atoms with E-state index in [1.165, 1.54) is 250 Å². The Labute approximate surface area is 468 Å². The monoisotopic (exact) mass is 1080 g/mol. The van der Waals surface area contributed by atoms with E-state index in [4.69, 9.17) is 9.47 Å². The normalized spacial score (nSPS) is 19.6. The van der Waals surface area contributed by atoms with Gasteiger partial charge in [0, 0.05) is 0 Å². The molecule has 8 N–H and O–H groups in total. The van der Waals surface area contributed by atoms with Crippen molar-refractivity contribution < 1.29 is 50.0 Å². The van der Waals surface area contributed by atoms with E-state index in [0.29, 0.717) is 12.8 Å². The molecule has 0 bridgehead atoms. The van der Waals surface area contributed by atoms with Crippen LogP contribution in [0.4, 0.5) is 0 Å². The molecule has 0 aromatic carbocycles. The van der Waals surface area contributed by atoms with Gasteiger partial charge in [-0.2, -0.15) is 0 Å². The van der Waals surface area contributed by atoms with Gasteiger partial charge in [0.15, 0.2) is 6.29 Å². The fourth-order valence-electron chi connectivity index (χ4n) is 11.0. The van der Waals surface area contributed by atoms with Crippen LogP contribution in [0.15, 0.2) is 12.2 Å². The maximum atomic E-state index is 13.2. The van der Waals surface area contributed by atoms with Crippen LogP contribution < -0.4 is 5.32 Å². The highest BCUT2D eigenvalue weighted by Gasteiger charge is 2.44. The number of aliphatic hydroxyl groups excluding tert-OH is 7. The summed E-state index contributed by atoms with van der Waals surface area (Å²) >= 11 is 0. The molecule has 452 valence electrons. The van der Waals surface area contributed by atoms with Crippen LogP contribution in [-0.2, 0) is 14.3 Å². The Morgan fingerprint density at radius 1 is 0.447 bits per heavy atom. The Bertz CT molecular complexity index is 1240. The molecule has 1 amide bonds. The van der Waals surface area contributed by atoms with E-state index >= 15 is 0 Å². The van der Waals surface area contributed by atoms with Crippen molar-refractivity contribution in [3.63, 3.8) is 0 Å². The average molecular weight is 1080 g/mol. The molecule has 0 saturated carbocycles. The van der Waals surface area contributed by atoms with Gasteiger partial charge in [-0.3, -0.25) is 4.79 Å². The molecule has 0 aromatic heterocycles. The summed E-state index contributed by atoms with van der Waals surface area (Å²) in [4.78, 5) is 13.2. The van der Waals surface area contributed by atoms with Crippen LogP contribution in [-0.4, -0.2) is 110 Å². The standard InChI is InChI=1S/C65H127NO10/c1-3-5-7-9-11-13-15-17-19-21-23-25-27-28-29-30-31-33-34-36-38-40-42-44-46-48-50-52-57(68)60(70)56(55-75-65-63(73)62(72)61(71)59(54-67)76-65)66-64(74)58(69)53-51-49-47-45-43-41-39-37-35-32-26-24-22-20-18-16-14-12-10-8-6-4-2/h44,46,56-63,65,67-73H,3-43,45,47-55H2,1-2H3,(H,66,74)/b46-44+. The molecule has 1 heterocycles. The van der Waals surface area contributed by atoms with Crippen molar-refractivity contribution in [3.05, 3.63) is 12.2 Å². The first-order chi connectivity index (χ1) is 37.2. The average Bonchev–Trinajstić information content (AvgIpc) is 3.42. The molecule has 76 heavy (non-hydrogen) atoms. The predicted octanol–water partition coefficient (Wildman–Crippen LogP) is 15.1. The lowest BCUT2D eigenvalue weighted by atomic mass is 9.98. The molecule has 0 spiro atoms. The number of carbonyl (C=O) groups is 1. The molecule has 1 rings (SSSR count). The summed E-state index contributed by atoms with van der Waals surface area (Å²) in [5.41, 5.74) is 0. The van der Waals surface area contributed by atoms with Crippen molar-refractivity contribution in [1.82, 2.24) is 5.32 Å². The van der Waals surface area contributed by atoms with E-state index in [1.54, 1.807) is 0 Å². The third kappa shape index (κ3) is 41.8. The molecule has 11 nitrogen and oxygen atoms in total. The van der Waals surface area contributed by atoms with Crippen molar-refractivity contribution in [1.29, 1.82) is 0 Å². The first-order valence-corrected chi connectivity index (χ1v) is 33.1. The number of allylic oxidation sites excluding steroid dienone is 2. The SMILES string of the molecule is CCCCCCCCCCCCCCCCCCCCCCCC/C=C/CCCC(O)C(O)C(COC1OC(CO)C(O)C(O)C1O)NC(=O)C(O)CCCCCCCCCCCCCCCCCCCCCCCC. The second kappa shape index (κ2) is 54.4. The molecule has 0 radical (unpaired) electrons. The van der Waals surface area contributed by atoms with E-state index in [1.807, 2.05) is 0 Å². The zero-order chi connectivity index (χ0) is 55.4. The van der Waals surface area contributed by atoms with Crippen LogP contribution in [0.1, 0.15) is 328 Å². The highest BCUT2D eigenvalue weighted by Crippen LogP contribution is 2.24. The number of hydrogen-bond acceptors (Lipinski definition) is 10. The highest BCUT2D eigenvalue weighted by molar-refractivity contribution is 5.80. The van der Waals surface area contributed by atoms with Gasteiger partial charge >= 0.3 is 0 Å². The third-order valence-corrected chi connectivity index (χ3v) is 16.3. The number of ether oxygens (including phenoxy) is 2. The van der Waals surface area contributed by atoms with Crippen LogP contribution in [0.2, 0.25) is 0 Å². The summed E-state index contributed by atoms with van der Waals surface area (Å²) in [7, 11) is 0. The van der Waals surface area contributed by atoms with Crippen molar-refractivity contribution in [2.24, 2.45) is 0 Å². The first kappa shape index (κ1) is 72.9. The second-order valence-corrected chi connectivity index (χ2v) is 23.5. The van der Waals surface area contributed by atoms with E-state index in [2.05, 4.69) is 31.3 Å². The minimum absolute atomic E-state index is 0.260. The van der Waals surface area contributed by atoms with Crippen LogP contribution in [0.5, 0.6) is 0 Å². The van der Waals surface area contributed by atoms with E-state index in [-0.39, 0.29) is 12.8 Å². The molecule has 9 unspecified atom stereocenters. The number of rotatable bonds is 58. The predicted molar refractivity (Wildman–Crippen MR) is 316 cm³/mol. The Morgan fingerprint density at radius 3 is 1.13 bits per heavy atom. The highest BCUT2D eigenvalue weighted by atomic mass is 16.7. The number of nitrogens with one attached hydrogen (secondary N) is 1. The first-order valence-electron chi connectivity index (χ1n) is 33.1. The van der Waals surface area contributed by atoms with Gasteiger partial charge in [0.05, 0.1) is 25.4 Å². The molecular weight excluding hydrogens is 955 g/mol. The second-order valence-electron chi connectivity index (χ2n) is 23.5. The van der Waals surface area contributed by atoms with Crippen molar-refractivity contribution in [2.75, 3.05) is 13.2 Å². The third-order valence-electron chi connectivity index (χ3n) is 16.3. The van der Waals surface area contributed by atoms with Gasteiger partial charge in [-0.15, -0.1) is 0 Å². The van der Waals surface area contributed by atoms with Crippen molar-refractivity contribution >= 4 is 5.91 Å². The smallest absolute Gasteiger partial charge is 0.249 e. The molecule has 11 heteroatoms. The Kier molecular flexibility index (Phi) is 52.2. The zero-order valence-corrected chi connectivity index (χ0v) is 49.8. The van der Waals surface area contributed by atoms with Crippen LogP contribution in [0, 0.1) is 0 Å². The number of aliphatic hydroxyl groups is 7. The Hall–Kier alpha value is -1.15. The molecule has 1 fully saturated rings. The quantitative estimate of drug-likeness (QED) is 0.0215. The van der Waals surface area contributed by atoms with Gasteiger partial charge in [-0.05, 0) is 38.5 Å². The van der Waals surface area contributed by atoms with Crippen LogP contribution >= 0.6 is 0 Å². The molecule has 9 atom stereocenters. The van der Waals surface area contributed by atoms with Gasteiger partial charge in [0.25, 0.3) is 0 Å². The number of amides is 1. The summed E-state index contributed by atoms with van der Waals surface area (Å²) in [5.74, 6) is -0.699. The molecule has 0 aliphatic carbocycles. The molecule has 0 aromatic rings. The lowest BCUT2D eigenvalue weighted by Gasteiger charge is -2.40.